The molecule has 0 fully saturated rings. The Hall–Kier alpha value is -1.35. The van der Waals surface area contributed by atoms with E-state index in [0.717, 1.165) is 3.57 Å². The first-order valence-electron chi connectivity index (χ1n) is 5.08. The summed E-state index contributed by atoms with van der Waals surface area (Å²) in [6.45, 7) is -0.352. The number of hydrogen-bond acceptors (Lipinski definition) is 4. The quantitative estimate of drug-likeness (QED) is 0.571. The van der Waals surface area contributed by atoms with Crippen LogP contribution in [0, 0.1) is 3.57 Å². The number of nitrogens with one attached hydrogen (secondary N) is 1. The number of carboxylic acid groups (broad SMARTS) is 1. The van der Waals surface area contributed by atoms with Gasteiger partial charge in [-0.2, -0.15) is 0 Å². The first kappa shape index (κ1) is 14.7. The summed E-state index contributed by atoms with van der Waals surface area (Å²) in [5.41, 5.74) is 0.00564. The highest BCUT2D eigenvalue weighted by atomic mass is 127. The van der Waals surface area contributed by atoms with Gasteiger partial charge in [0.1, 0.15) is 11.8 Å². The summed E-state index contributed by atoms with van der Waals surface area (Å²) in [6.07, 6.45) is -0.0915. The van der Waals surface area contributed by atoms with Crippen LogP contribution in [-0.2, 0) is 4.79 Å². The second-order valence-electron chi connectivity index (χ2n) is 3.54. The highest BCUT2D eigenvalue weighted by Crippen LogP contribution is 2.19. The number of aliphatic hydroxyl groups excluding tert-OH is 1. The van der Waals surface area contributed by atoms with E-state index in [4.69, 9.17) is 10.2 Å². The van der Waals surface area contributed by atoms with Gasteiger partial charge in [-0.1, -0.05) is 0 Å². The van der Waals surface area contributed by atoms with Crippen molar-refractivity contribution in [2.24, 2.45) is 0 Å². The van der Waals surface area contributed by atoms with Crippen molar-refractivity contribution in [2.75, 3.05) is 6.61 Å². The van der Waals surface area contributed by atoms with E-state index in [-0.39, 0.29) is 24.3 Å². The van der Waals surface area contributed by atoms with Crippen LogP contribution in [0.25, 0.3) is 0 Å². The molecule has 7 heteroatoms. The standard InChI is InChI=1S/C11H12INO5/c12-6-1-2-9(15)7(5-6)10(16)13-8(3-4-14)11(17)18/h1-2,5,8,14-15H,3-4H2,(H,13,16)(H,17,18)/t8-/m0/s1. The predicted octanol–water partition coefficient (Wildman–Crippen LogP) is 0.562. The molecule has 0 aliphatic rings. The number of carboxylic acids is 1. The summed E-state index contributed by atoms with van der Waals surface area (Å²) in [4.78, 5) is 22.6. The fourth-order valence-corrected chi connectivity index (χ4v) is 1.80. The van der Waals surface area contributed by atoms with Gasteiger partial charge in [0.05, 0.1) is 5.56 Å². The maximum absolute atomic E-state index is 11.8. The van der Waals surface area contributed by atoms with Crippen molar-refractivity contribution in [2.45, 2.75) is 12.5 Å². The zero-order valence-corrected chi connectivity index (χ0v) is 11.4. The number of halogens is 1. The molecule has 0 saturated heterocycles. The Morgan fingerprint density at radius 2 is 2.06 bits per heavy atom. The number of carbonyl (C=O) groups is 2. The topological polar surface area (TPSA) is 107 Å². The molecule has 0 spiro atoms. The maximum Gasteiger partial charge on any atom is 0.326 e. The number of benzene rings is 1. The van der Waals surface area contributed by atoms with Crippen LogP contribution < -0.4 is 5.32 Å². The molecule has 18 heavy (non-hydrogen) atoms. The lowest BCUT2D eigenvalue weighted by Gasteiger charge is -2.13. The molecule has 1 rings (SSSR count). The number of phenols is 1. The normalized spacial score (nSPS) is 11.9. The zero-order valence-electron chi connectivity index (χ0n) is 9.26. The predicted molar refractivity (Wildman–Crippen MR) is 71.4 cm³/mol. The summed E-state index contributed by atoms with van der Waals surface area (Å²) >= 11 is 1.97. The number of aromatic hydroxyl groups is 1. The third kappa shape index (κ3) is 3.84. The molecule has 1 aromatic rings. The highest BCUT2D eigenvalue weighted by molar-refractivity contribution is 14.1. The molecule has 0 unspecified atom stereocenters. The molecule has 0 saturated carbocycles. The van der Waals surface area contributed by atoms with Crippen LogP contribution in [-0.4, -0.2) is 39.8 Å². The first-order chi connectivity index (χ1) is 8.45. The van der Waals surface area contributed by atoms with Gasteiger partial charge in [-0.05, 0) is 40.8 Å². The smallest absolute Gasteiger partial charge is 0.326 e. The molecular formula is C11H12INO5. The zero-order chi connectivity index (χ0) is 13.7. The van der Waals surface area contributed by atoms with E-state index in [1.165, 1.54) is 12.1 Å². The minimum Gasteiger partial charge on any atom is -0.507 e. The fourth-order valence-electron chi connectivity index (χ4n) is 1.31. The summed E-state index contributed by atoms with van der Waals surface area (Å²) in [7, 11) is 0. The molecule has 0 bridgehead atoms. The van der Waals surface area contributed by atoms with Crippen molar-refractivity contribution in [3.63, 3.8) is 0 Å². The van der Waals surface area contributed by atoms with E-state index in [2.05, 4.69) is 5.32 Å². The SMILES string of the molecule is O=C(N[C@@H](CCO)C(=O)O)c1cc(I)ccc1O. The fraction of sp³-hybridized carbons (Fsp3) is 0.273. The van der Waals surface area contributed by atoms with Gasteiger partial charge in [0.15, 0.2) is 0 Å². The Morgan fingerprint density at radius 3 is 2.61 bits per heavy atom. The molecule has 0 aliphatic carbocycles. The molecular weight excluding hydrogens is 353 g/mol. The lowest BCUT2D eigenvalue weighted by atomic mass is 10.1. The van der Waals surface area contributed by atoms with Crippen LogP contribution in [0.5, 0.6) is 5.75 Å². The van der Waals surface area contributed by atoms with Crippen LogP contribution in [0.4, 0.5) is 0 Å². The van der Waals surface area contributed by atoms with Gasteiger partial charge in [0.2, 0.25) is 0 Å². The Labute approximate surface area is 117 Å². The number of phenolic OH excluding ortho intramolecular Hbond substituents is 1. The van der Waals surface area contributed by atoms with Gasteiger partial charge in [0, 0.05) is 16.6 Å². The van der Waals surface area contributed by atoms with Crippen LogP contribution in [0.2, 0.25) is 0 Å². The van der Waals surface area contributed by atoms with E-state index in [1.54, 1.807) is 6.07 Å². The molecule has 1 amide bonds. The van der Waals surface area contributed by atoms with Gasteiger partial charge in [-0.15, -0.1) is 0 Å². The number of amides is 1. The minimum atomic E-state index is -1.23. The maximum atomic E-state index is 11.8. The van der Waals surface area contributed by atoms with Gasteiger partial charge in [0.25, 0.3) is 5.91 Å². The van der Waals surface area contributed by atoms with Gasteiger partial charge >= 0.3 is 5.97 Å². The average molecular weight is 365 g/mol. The van der Waals surface area contributed by atoms with E-state index in [1.807, 2.05) is 22.6 Å². The molecule has 0 aromatic heterocycles. The second kappa shape index (κ2) is 6.55. The van der Waals surface area contributed by atoms with E-state index >= 15 is 0 Å². The molecule has 1 atom stereocenters. The Balaban J connectivity index is 2.86. The van der Waals surface area contributed by atoms with Crippen molar-refractivity contribution in [3.8, 4) is 5.75 Å². The highest BCUT2D eigenvalue weighted by Gasteiger charge is 2.21. The van der Waals surface area contributed by atoms with Crippen LogP contribution in [0.1, 0.15) is 16.8 Å². The number of carbonyl (C=O) groups excluding carboxylic acids is 1. The monoisotopic (exact) mass is 365 g/mol. The Kier molecular flexibility index (Phi) is 5.35. The lowest BCUT2D eigenvalue weighted by Crippen LogP contribution is -2.41. The number of rotatable bonds is 5. The second-order valence-corrected chi connectivity index (χ2v) is 4.78. The lowest BCUT2D eigenvalue weighted by molar-refractivity contribution is -0.139. The van der Waals surface area contributed by atoms with Crippen LogP contribution in [0.15, 0.2) is 18.2 Å². The van der Waals surface area contributed by atoms with Gasteiger partial charge in [-0.3, -0.25) is 4.79 Å². The number of aliphatic carboxylic acids is 1. The Bertz CT molecular complexity index is 463. The third-order valence-corrected chi connectivity index (χ3v) is 2.90. The van der Waals surface area contributed by atoms with Crippen molar-refractivity contribution in [1.82, 2.24) is 5.32 Å². The first-order valence-corrected chi connectivity index (χ1v) is 6.16. The molecule has 1 aromatic carbocycles. The summed E-state index contributed by atoms with van der Waals surface area (Å²) in [5.74, 6) is -2.14. The van der Waals surface area contributed by atoms with Crippen LogP contribution in [0.3, 0.4) is 0 Å². The molecule has 6 nitrogen and oxygen atoms in total. The molecule has 0 heterocycles. The summed E-state index contributed by atoms with van der Waals surface area (Å²) in [5, 5.41) is 29.3. The molecule has 0 radical (unpaired) electrons. The minimum absolute atomic E-state index is 0.00564. The van der Waals surface area contributed by atoms with Gasteiger partial charge < -0.3 is 20.6 Å². The number of hydrogen-bond donors (Lipinski definition) is 4. The van der Waals surface area contributed by atoms with Crippen molar-refractivity contribution < 1.29 is 24.9 Å². The molecule has 4 N–H and O–H groups in total. The van der Waals surface area contributed by atoms with Gasteiger partial charge in [-0.25, -0.2) is 4.79 Å². The van der Waals surface area contributed by atoms with Crippen molar-refractivity contribution >= 4 is 34.5 Å². The Morgan fingerprint density at radius 1 is 1.39 bits per heavy atom. The third-order valence-electron chi connectivity index (χ3n) is 2.22. The summed E-state index contributed by atoms with van der Waals surface area (Å²) < 4.78 is 0.740. The number of aliphatic hydroxyl groups is 1. The van der Waals surface area contributed by atoms with Crippen molar-refractivity contribution in [3.05, 3.63) is 27.3 Å². The van der Waals surface area contributed by atoms with Crippen LogP contribution >= 0.6 is 22.6 Å². The van der Waals surface area contributed by atoms with E-state index in [9.17, 15) is 14.7 Å². The van der Waals surface area contributed by atoms with E-state index in [0.29, 0.717) is 0 Å². The summed E-state index contributed by atoms with van der Waals surface area (Å²) in [6, 6.07) is 3.25. The average Bonchev–Trinajstić information content (AvgIpc) is 2.31. The molecule has 0 aliphatic heterocycles. The van der Waals surface area contributed by atoms with Crippen molar-refractivity contribution in [1.29, 1.82) is 0 Å². The largest absolute Gasteiger partial charge is 0.507 e. The van der Waals surface area contributed by atoms with E-state index < -0.39 is 17.9 Å². The molecule has 98 valence electrons.